The first-order valence-corrected chi connectivity index (χ1v) is 2.68. The Bertz CT molecular complexity index is 38.7. The van der Waals surface area contributed by atoms with Crippen LogP contribution in [0.4, 0.5) is 0 Å². The molecule has 0 heterocycles. The summed E-state index contributed by atoms with van der Waals surface area (Å²) in [5.41, 5.74) is 0. The summed E-state index contributed by atoms with van der Waals surface area (Å²) in [6.45, 7) is 0. The van der Waals surface area contributed by atoms with Gasteiger partial charge >= 0.3 is 129 Å². The van der Waals surface area contributed by atoms with Gasteiger partial charge < -0.3 is 22.0 Å². The molecule has 0 bridgehead atoms. The maximum Gasteiger partial charge on any atom is 1.00 e. The quantitative estimate of drug-likeness (QED) is 0.335. The smallest absolute Gasteiger partial charge is 1.00 e. The van der Waals surface area contributed by atoms with Gasteiger partial charge in [-0.3, -0.25) is 0 Å². The van der Waals surface area contributed by atoms with E-state index < -0.39 is 9.05 Å². The van der Waals surface area contributed by atoms with Crippen LogP contribution in [0.2, 0.25) is 0 Å². The molecule has 42 valence electrons. The van der Waals surface area contributed by atoms with Gasteiger partial charge in [0.05, 0.1) is 0 Å². The van der Waals surface area contributed by atoms with Gasteiger partial charge in [0, 0.05) is 0 Å². The van der Waals surface area contributed by atoms with Gasteiger partial charge in [-0.15, -0.1) is 0 Å². The fourth-order valence-corrected chi connectivity index (χ4v) is 0. The molecule has 0 atom stereocenters. The standard InChI is InChI=1S/Al.Cs.K.H4O4Si.5H/c;;;1-5(2,3)4;;;;;/h;;;1-4H;;;;;/q;2*+1;;;;;2*-1. The predicted molar refractivity (Wildman–Crippen MR) is 26.8 cm³/mol. The topological polar surface area (TPSA) is 80.9 Å². The van der Waals surface area contributed by atoms with Crippen molar-refractivity contribution in [3.8, 4) is 0 Å². The first-order valence-electron chi connectivity index (χ1n) is 0.894. The van der Waals surface area contributed by atoms with Crippen LogP contribution >= 0.6 is 0 Å². The summed E-state index contributed by atoms with van der Waals surface area (Å²) in [6.07, 6.45) is 0. The number of rotatable bonds is 0. The minimum Gasteiger partial charge on any atom is -1.00 e. The first kappa shape index (κ1) is 22.8. The van der Waals surface area contributed by atoms with Crippen LogP contribution in [0.1, 0.15) is 2.85 Å². The van der Waals surface area contributed by atoms with Crippen LogP contribution in [-0.2, 0) is 0 Å². The van der Waals surface area contributed by atoms with Gasteiger partial charge in [0.15, 0.2) is 17.4 Å². The summed E-state index contributed by atoms with van der Waals surface area (Å²) in [7, 11) is -4.61. The zero-order valence-corrected chi connectivity index (χ0v) is 14.7. The van der Waals surface area contributed by atoms with Crippen molar-refractivity contribution in [1.82, 2.24) is 0 Å². The van der Waals surface area contributed by atoms with Crippen LogP contribution in [0.5, 0.6) is 0 Å². The molecule has 0 rings (SSSR count). The van der Waals surface area contributed by atoms with Crippen LogP contribution in [0.15, 0.2) is 0 Å². The van der Waals surface area contributed by atoms with Gasteiger partial charge in [-0.1, -0.05) is 0 Å². The summed E-state index contributed by atoms with van der Waals surface area (Å²) in [6, 6.07) is 0. The fourth-order valence-electron chi connectivity index (χ4n) is 0. The molecule has 0 saturated heterocycles. The summed E-state index contributed by atoms with van der Waals surface area (Å²) in [5.74, 6) is 0. The molecule has 4 N–H and O–H groups in total. The van der Waals surface area contributed by atoms with Crippen LogP contribution in [0, 0.1) is 0 Å². The first-order chi connectivity index (χ1) is 2.00. The third kappa shape index (κ3) is 48.3. The predicted octanol–water partition coefficient (Wildman–Crippen LogP) is -9.56. The van der Waals surface area contributed by atoms with Crippen molar-refractivity contribution in [3.63, 3.8) is 0 Å². The normalized spacial score (nSPS) is 7.50. The van der Waals surface area contributed by atoms with E-state index in [-0.39, 0.29) is 140 Å². The molecule has 0 radical (unpaired) electrons. The van der Waals surface area contributed by atoms with Crippen molar-refractivity contribution in [2.45, 2.75) is 0 Å². The third-order valence-corrected chi connectivity index (χ3v) is 0. The van der Waals surface area contributed by atoms with Crippen LogP contribution in [0.3, 0.4) is 0 Å². The Morgan fingerprint density at radius 2 is 1.00 bits per heavy atom. The van der Waals surface area contributed by atoms with Gasteiger partial charge in [-0.05, 0) is 0 Å². The van der Waals surface area contributed by atoms with Gasteiger partial charge in [0.1, 0.15) is 0 Å². The molecular weight excluding hydrogens is 291 g/mol. The zero-order valence-electron chi connectivity index (χ0n) is 6.29. The Morgan fingerprint density at radius 3 is 1.00 bits per heavy atom. The van der Waals surface area contributed by atoms with Gasteiger partial charge in [-0.2, -0.15) is 0 Å². The molecule has 0 aromatic heterocycles. The van der Waals surface area contributed by atoms with E-state index in [9.17, 15) is 0 Å². The second-order valence-electron chi connectivity index (χ2n) is 0.600. The van der Waals surface area contributed by atoms with Crippen molar-refractivity contribution in [2.24, 2.45) is 0 Å². The fraction of sp³-hybridized carbons (Fsp3) is 0. The monoisotopic (exact) mass is 300 g/mol. The molecule has 0 aliphatic carbocycles. The molecule has 0 aromatic rings. The molecule has 0 aromatic carbocycles. The molecule has 0 unspecified atom stereocenters. The summed E-state index contributed by atoms with van der Waals surface area (Å²) in [5, 5.41) is 0. The van der Waals surface area contributed by atoms with Gasteiger partial charge in [0.2, 0.25) is 0 Å². The summed E-state index contributed by atoms with van der Waals surface area (Å²) >= 11 is 0. The molecule has 0 aliphatic heterocycles. The number of hydrogen-bond donors (Lipinski definition) is 4. The van der Waals surface area contributed by atoms with Crippen molar-refractivity contribution in [2.75, 3.05) is 0 Å². The minimum absolute atomic E-state index is 0. The van der Waals surface area contributed by atoms with Crippen LogP contribution < -0.4 is 120 Å². The van der Waals surface area contributed by atoms with E-state index in [4.69, 9.17) is 19.2 Å². The Morgan fingerprint density at radius 1 is 1.00 bits per heavy atom. The average Bonchev–Trinajstić information content (AvgIpc) is 0.722. The van der Waals surface area contributed by atoms with Gasteiger partial charge in [-0.25, -0.2) is 0 Å². The summed E-state index contributed by atoms with van der Waals surface area (Å²) in [4.78, 5) is 29.3. The van der Waals surface area contributed by atoms with Gasteiger partial charge in [0.25, 0.3) is 0 Å². The molecule has 0 fully saturated rings. The molecule has 8 heteroatoms. The Balaban J connectivity index is -0.00000000800. The average molecular weight is 300 g/mol. The third-order valence-electron chi connectivity index (χ3n) is 0. The van der Waals surface area contributed by atoms with E-state index in [1.807, 2.05) is 0 Å². The Hall–Kier alpha value is 4.28. The Labute approximate surface area is 163 Å². The molecule has 4 nitrogen and oxygen atoms in total. The number of hydrogen-bond acceptors (Lipinski definition) is 4. The summed E-state index contributed by atoms with van der Waals surface area (Å²) < 4.78 is 0. The van der Waals surface area contributed by atoms with E-state index in [1.54, 1.807) is 0 Å². The second-order valence-corrected chi connectivity index (χ2v) is 1.80. The van der Waals surface area contributed by atoms with E-state index in [1.165, 1.54) is 0 Å². The largest absolute Gasteiger partial charge is 1.00 e. The van der Waals surface area contributed by atoms with Crippen molar-refractivity contribution < 1.29 is 142 Å². The maximum atomic E-state index is 7.33. The maximum absolute atomic E-state index is 7.33. The molecule has 0 amide bonds. The van der Waals surface area contributed by atoms with Crippen molar-refractivity contribution in [1.29, 1.82) is 0 Å². The van der Waals surface area contributed by atoms with Crippen LogP contribution in [-0.4, -0.2) is 45.6 Å². The second kappa shape index (κ2) is 11.3. The van der Waals surface area contributed by atoms with Crippen LogP contribution in [0.25, 0.3) is 0 Å². The SMILES string of the molecule is O[Si](O)(O)O.[AlH3].[Cs+].[H-].[H-].[K+]. The molecule has 0 saturated carbocycles. The molecule has 0 aliphatic rings. The molecule has 0 spiro atoms. The van der Waals surface area contributed by atoms with Crippen molar-refractivity contribution in [3.05, 3.63) is 0 Å². The molecular formula is H9AlCsKO4Si. The Kier molecular flexibility index (Phi) is 32.1. The van der Waals surface area contributed by atoms with E-state index in [0.717, 1.165) is 0 Å². The van der Waals surface area contributed by atoms with E-state index >= 15 is 0 Å². The van der Waals surface area contributed by atoms with E-state index in [0.29, 0.717) is 0 Å². The van der Waals surface area contributed by atoms with E-state index in [2.05, 4.69) is 0 Å². The zero-order chi connectivity index (χ0) is 4.50. The van der Waals surface area contributed by atoms with Crippen molar-refractivity contribution >= 4 is 26.4 Å². The minimum atomic E-state index is -4.61. The molecule has 8 heavy (non-hydrogen) atoms.